The van der Waals surface area contributed by atoms with Gasteiger partial charge in [0.15, 0.2) is 16.3 Å². The van der Waals surface area contributed by atoms with Crippen molar-refractivity contribution >= 4 is 23.3 Å². The number of ether oxygens (including phenoxy) is 3. The summed E-state index contributed by atoms with van der Waals surface area (Å²) in [6, 6.07) is 14.8. The molecule has 1 atom stereocenters. The highest BCUT2D eigenvalue weighted by molar-refractivity contribution is 7.07. The molecule has 0 saturated heterocycles. The molecular weight excluding hydrogens is 564 g/mol. The summed E-state index contributed by atoms with van der Waals surface area (Å²) >= 11 is 1.32. The minimum atomic E-state index is -0.677. The van der Waals surface area contributed by atoms with E-state index in [0.717, 1.165) is 34.0 Å². The van der Waals surface area contributed by atoms with Gasteiger partial charge in [0.2, 0.25) is 6.79 Å². The van der Waals surface area contributed by atoms with E-state index in [1.54, 1.807) is 16.6 Å². The number of hydrogen-bond donors (Lipinski definition) is 0. The Labute approximate surface area is 253 Å². The maximum absolute atomic E-state index is 14.2. The molecule has 0 aliphatic carbocycles. The molecule has 4 heterocycles. The molecule has 0 saturated carbocycles. The van der Waals surface area contributed by atoms with Crippen LogP contribution in [-0.4, -0.2) is 46.9 Å². The summed E-state index contributed by atoms with van der Waals surface area (Å²) in [5.41, 5.74) is 5.49. The van der Waals surface area contributed by atoms with Gasteiger partial charge < -0.3 is 23.7 Å². The van der Waals surface area contributed by atoms with Crippen LogP contribution in [0.25, 0.3) is 11.8 Å². The third-order valence-corrected chi connectivity index (χ3v) is 9.09. The molecule has 6 rings (SSSR count). The first-order chi connectivity index (χ1) is 20.8. The van der Waals surface area contributed by atoms with Gasteiger partial charge in [0, 0.05) is 41.8 Å². The second-order valence-electron chi connectivity index (χ2n) is 10.5. The average molecular weight is 599 g/mol. The number of carbonyl (C=O) groups excluding carboxylic acids is 1. The predicted octanol–water partition coefficient (Wildman–Crippen LogP) is 4.25. The monoisotopic (exact) mass is 598 g/mol. The molecule has 10 heteroatoms. The van der Waals surface area contributed by atoms with Crippen molar-refractivity contribution in [2.24, 2.45) is 4.99 Å². The number of amides is 1. The first-order valence-corrected chi connectivity index (χ1v) is 15.1. The maximum Gasteiger partial charge on any atom is 0.271 e. The molecule has 0 N–H and O–H groups in total. The standard InChI is InChI=1S/C33H34N4O5S/c1-7-35(8-2)32(39)29-20(4)34-33-37(30(29)24-11-9-10-12-25(24)40-6)31(38)28(43-33)16-22-15-19(3)36(21(22)5)23-13-14-26-27(17-23)42-18-41-26/h9-17,30H,7-8,18H2,1-6H3/b28-16-/t30-/m0/s1. The normalized spacial score (nSPS) is 15.9. The molecule has 0 unspecified atom stereocenters. The van der Waals surface area contributed by atoms with E-state index in [9.17, 15) is 9.59 Å². The molecule has 0 fully saturated rings. The number of aromatic nitrogens is 2. The number of methoxy groups -OCH3 is 1. The predicted molar refractivity (Wildman–Crippen MR) is 166 cm³/mol. The summed E-state index contributed by atoms with van der Waals surface area (Å²) in [5.74, 6) is 1.91. The summed E-state index contributed by atoms with van der Waals surface area (Å²) in [4.78, 5) is 35.2. The SMILES string of the molecule is CCN(CC)C(=O)C1=C(C)N=c2s/c(=C\c3cc(C)n(-c4ccc5c(c4)OCO5)c3C)c(=O)n2[C@H]1c1ccccc1OC. The molecule has 2 aromatic carbocycles. The molecular formula is C33H34N4O5S. The number of nitrogens with zero attached hydrogens (tertiary/aromatic N) is 4. The minimum Gasteiger partial charge on any atom is -0.496 e. The van der Waals surface area contributed by atoms with Gasteiger partial charge in [0.25, 0.3) is 11.5 Å². The van der Waals surface area contributed by atoms with Crippen molar-refractivity contribution in [1.29, 1.82) is 0 Å². The highest BCUT2D eigenvalue weighted by Gasteiger charge is 2.35. The molecule has 0 radical (unpaired) electrons. The minimum absolute atomic E-state index is 0.135. The zero-order valence-electron chi connectivity index (χ0n) is 25.1. The topological polar surface area (TPSA) is 87.3 Å². The number of allylic oxidation sites excluding steroid dienone is 1. The van der Waals surface area contributed by atoms with Gasteiger partial charge in [-0.3, -0.25) is 14.2 Å². The van der Waals surface area contributed by atoms with E-state index in [1.165, 1.54) is 11.3 Å². The molecule has 2 aromatic heterocycles. The number of para-hydroxylation sites is 1. The lowest BCUT2D eigenvalue weighted by Gasteiger charge is -2.29. The lowest BCUT2D eigenvalue weighted by atomic mass is 9.94. The van der Waals surface area contributed by atoms with Crippen molar-refractivity contribution in [2.75, 3.05) is 27.0 Å². The van der Waals surface area contributed by atoms with Crippen LogP contribution in [0.5, 0.6) is 17.2 Å². The number of rotatable bonds is 7. The third-order valence-electron chi connectivity index (χ3n) is 8.11. The molecule has 1 amide bonds. The van der Waals surface area contributed by atoms with Crippen LogP contribution in [0.2, 0.25) is 0 Å². The fourth-order valence-electron chi connectivity index (χ4n) is 5.96. The summed E-state index contributed by atoms with van der Waals surface area (Å²) < 4.78 is 21.1. The van der Waals surface area contributed by atoms with Gasteiger partial charge in [0.05, 0.1) is 22.9 Å². The van der Waals surface area contributed by atoms with Crippen LogP contribution in [0.15, 0.2) is 69.6 Å². The fourth-order valence-corrected chi connectivity index (χ4v) is 7.00. The first-order valence-electron chi connectivity index (χ1n) is 14.3. The van der Waals surface area contributed by atoms with Crippen LogP contribution in [0, 0.1) is 13.8 Å². The number of likely N-dealkylation sites (N-methyl/N-ethyl adjacent to an activating group) is 1. The highest BCUT2D eigenvalue weighted by Crippen LogP contribution is 2.37. The first kappa shape index (κ1) is 28.5. The molecule has 4 aromatic rings. The summed E-state index contributed by atoms with van der Waals surface area (Å²) in [6.45, 7) is 11.1. The fraction of sp³-hybridized carbons (Fsp3) is 0.303. The Kier molecular flexibility index (Phi) is 7.47. The average Bonchev–Trinajstić information content (AvgIpc) is 3.67. The zero-order chi connectivity index (χ0) is 30.4. The Bertz CT molecular complexity index is 1960. The Balaban J connectivity index is 1.52. The second kappa shape index (κ2) is 11.3. The zero-order valence-corrected chi connectivity index (χ0v) is 25.9. The molecule has 0 bridgehead atoms. The molecule has 43 heavy (non-hydrogen) atoms. The van der Waals surface area contributed by atoms with Gasteiger partial charge in [-0.1, -0.05) is 29.5 Å². The second-order valence-corrected chi connectivity index (χ2v) is 11.5. The number of hydrogen-bond acceptors (Lipinski definition) is 7. The van der Waals surface area contributed by atoms with Gasteiger partial charge >= 0.3 is 0 Å². The van der Waals surface area contributed by atoms with Crippen LogP contribution in [0.3, 0.4) is 0 Å². The van der Waals surface area contributed by atoms with Crippen molar-refractivity contribution in [2.45, 2.75) is 40.7 Å². The van der Waals surface area contributed by atoms with Crippen molar-refractivity contribution in [3.05, 3.63) is 102 Å². The maximum atomic E-state index is 14.2. The third kappa shape index (κ3) is 4.75. The molecule has 0 spiro atoms. The van der Waals surface area contributed by atoms with Crippen LogP contribution in [0.1, 0.15) is 49.3 Å². The molecule has 2 aliphatic heterocycles. The number of fused-ring (bicyclic) bond motifs is 2. The van der Waals surface area contributed by atoms with Gasteiger partial charge in [-0.05, 0) is 70.5 Å². The van der Waals surface area contributed by atoms with Crippen LogP contribution in [0.4, 0.5) is 0 Å². The Morgan fingerprint density at radius 1 is 1.09 bits per heavy atom. The summed E-state index contributed by atoms with van der Waals surface area (Å²) in [5, 5.41) is 0. The number of benzene rings is 2. The van der Waals surface area contributed by atoms with E-state index in [2.05, 4.69) is 10.6 Å². The van der Waals surface area contributed by atoms with E-state index < -0.39 is 6.04 Å². The molecule has 9 nitrogen and oxygen atoms in total. The number of aryl methyl sites for hydroxylation is 1. The van der Waals surface area contributed by atoms with Crippen molar-refractivity contribution in [3.63, 3.8) is 0 Å². The summed E-state index contributed by atoms with van der Waals surface area (Å²) in [7, 11) is 1.60. The van der Waals surface area contributed by atoms with Crippen LogP contribution >= 0.6 is 11.3 Å². The highest BCUT2D eigenvalue weighted by atomic mass is 32.1. The largest absolute Gasteiger partial charge is 0.496 e. The Morgan fingerprint density at radius 3 is 2.58 bits per heavy atom. The summed E-state index contributed by atoms with van der Waals surface area (Å²) in [6.07, 6.45) is 1.92. The van der Waals surface area contributed by atoms with Crippen molar-refractivity contribution in [1.82, 2.24) is 14.0 Å². The molecule has 2 aliphatic rings. The quantitative estimate of drug-likeness (QED) is 0.318. The Hall–Kier alpha value is -4.57. The van der Waals surface area contributed by atoms with Crippen LogP contribution in [-0.2, 0) is 4.79 Å². The van der Waals surface area contributed by atoms with Crippen molar-refractivity contribution < 1.29 is 19.0 Å². The van der Waals surface area contributed by atoms with Gasteiger partial charge in [-0.15, -0.1) is 0 Å². The lowest BCUT2D eigenvalue weighted by molar-refractivity contribution is -0.127. The van der Waals surface area contributed by atoms with E-state index in [1.807, 2.05) is 83.2 Å². The molecule has 222 valence electrons. The van der Waals surface area contributed by atoms with E-state index >= 15 is 0 Å². The van der Waals surface area contributed by atoms with E-state index in [4.69, 9.17) is 19.2 Å². The van der Waals surface area contributed by atoms with Crippen LogP contribution < -0.4 is 29.1 Å². The van der Waals surface area contributed by atoms with Gasteiger partial charge in [-0.2, -0.15) is 0 Å². The van der Waals surface area contributed by atoms with E-state index in [0.29, 0.717) is 45.2 Å². The smallest absolute Gasteiger partial charge is 0.271 e. The van der Waals surface area contributed by atoms with Gasteiger partial charge in [0.1, 0.15) is 11.8 Å². The van der Waals surface area contributed by atoms with Gasteiger partial charge in [-0.25, -0.2) is 4.99 Å². The number of carbonyl (C=O) groups is 1. The van der Waals surface area contributed by atoms with Crippen molar-refractivity contribution in [3.8, 4) is 22.9 Å². The van der Waals surface area contributed by atoms with E-state index in [-0.39, 0.29) is 18.3 Å². The lowest BCUT2D eigenvalue weighted by Crippen LogP contribution is -2.43. The Morgan fingerprint density at radius 2 is 1.84 bits per heavy atom. The number of thiazole rings is 1.